The first kappa shape index (κ1) is 14.6. The number of aromatic amines is 1. The Labute approximate surface area is 125 Å². The van der Waals surface area contributed by atoms with Crippen LogP contribution in [0.3, 0.4) is 0 Å². The normalized spacial score (nSPS) is 21.0. The van der Waals surface area contributed by atoms with Gasteiger partial charge in [0.25, 0.3) is 0 Å². The van der Waals surface area contributed by atoms with Crippen molar-refractivity contribution >= 4 is 23.3 Å². The van der Waals surface area contributed by atoms with E-state index in [2.05, 4.69) is 9.88 Å². The highest BCUT2D eigenvalue weighted by molar-refractivity contribution is 7.71. The lowest BCUT2D eigenvalue weighted by Crippen LogP contribution is -2.33. The highest BCUT2D eigenvalue weighted by atomic mass is 32.1. The Bertz CT molecular complexity index is 716. The number of aromatic nitrogens is 2. The molecule has 1 atom stereocenters. The molecule has 1 aliphatic heterocycles. The lowest BCUT2D eigenvalue weighted by Gasteiger charge is -2.30. The number of piperidine rings is 1. The molecular formula is C14H16F3N3S. The Hall–Kier alpha value is -1.34. The quantitative estimate of drug-likeness (QED) is 0.805. The molecule has 3 rings (SSSR count). The lowest BCUT2D eigenvalue weighted by atomic mass is 10.1. The summed E-state index contributed by atoms with van der Waals surface area (Å²) in [6.07, 6.45) is -2.28. The minimum atomic E-state index is -4.34. The van der Waals surface area contributed by atoms with E-state index in [1.54, 1.807) is 0 Å². The maximum Gasteiger partial charge on any atom is 0.416 e. The standard InChI is InChI=1S/C14H16F3N3S/c1-19-6-2-3-10(8-19)20-12-5-4-9(14(15,16)17)7-11(12)18-13(20)21/h4-5,7,10H,2-3,6,8H2,1H3,(H,18,21). The summed E-state index contributed by atoms with van der Waals surface area (Å²) >= 11 is 5.32. The molecule has 0 spiro atoms. The second-order valence-corrected chi connectivity index (χ2v) is 5.97. The van der Waals surface area contributed by atoms with Gasteiger partial charge in [-0.2, -0.15) is 13.2 Å². The summed E-state index contributed by atoms with van der Waals surface area (Å²) in [6.45, 7) is 1.91. The summed E-state index contributed by atoms with van der Waals surface area (Å²) < 4.78 is 40.8. The number of halogens is 3. The van der Waals surface area contributed by atoms with E-state index in [1.807, 2.05) is 11.6 Å². The van der Waals surface area contributed by atoms with E-state index in [0.29, 0.717) is 10.3 Å². The second kappa shape index (κ2) is 5.14. The number of H-pyrrole nitrogens is 1. The topological polar surface area (TPSA) is 24.0 Å². The Morgan fingerprint density at radius 3 is 2.76 bits per heavy atom. The number of imidazole rings is 1. The maximum absolute atomic E-state index is 12.8. The van der Waals surface area contributed by atoms with Gasteiger partial charge < -0.3 is 14.5 Å². The van der Waals surface area contributed by atoms with Crippen LogP contribution in [0.4, 0.5) is 13.2 Å². The second-order valence-electron chi connectivity index (χ2n) is 5.59. The SMILES string of the molecule is CN1CCCC(n2c(=S)[nH]c3cc(C(F)(F)F)ccc32)C1. The zero-order valence-corrected chi connectivity index (χ0v) is 12.4. The number of fused-ring (bicyclic) bond motifs is 1. The molecule has 0 bridgehead atoms. The van der Waals surface area contributed by atoms with Crippen LogP contribution in [0, 0.1) is 4.77 Å². The Balaban J connectivity index is 2.08. The monoisotopic (exact) mass is 315 g/mol. The molecule has 1 aromatic carbocycles. The first-order valence-electron chi connectivity index (χ1n) is 6.86. The number of hydrogen-bond donors (Lipinski definition) is 1. The number of likely N-dealkylation sites (N-methyl/N-ethyl adjacent to an activating group) is 1. The zero-order chi connectivity index (χ0) is 15.2. The van der Waals surface area contributed by atoms with Gasteiger partial charge in [-0.05, 0) is 56.9 Å². The molecule has 2 aromatic rings. The van der Waals surface area contributed by atoms with Crippen LogP contribution < -0.4 is 0 Å². The third-order valence-electron chi connectivity index (χ3n) is 4.01. The average molecular weight is 315 g/mol. The van der Waals surface area contributed by atoms with E-state index in [1.165, 1.54) is 6.07 Å². The first-order chi connectivity index (χ1) is 9.86. The molecule has 3 nitrogen and oxygen atoms in total. The van der Waals surface area contributed by atoms with E-state index in [-0.39, 0.29) is 6.04 Å². The maximum atomic E-state index is 12.8. The van der Waals surface area contributed by atoms with Gasteiger partial charge in [-0.3, -0.25) is 0 Å². The minimum Gasteiger partial charge on any atom is -0.331 e. The van der Waals surface area contributed by atoms with Crippen LogP contribution in [0.5, 0.6) is 0 Å². The number of nitrogens with zero attached hydrogens (tertiary/aromatic N) is 2. The Morgan fingerprint density at radius 1 is 1.33 bits per heavy atom. The van der Waals surface area contributed by atoms with Crippen molar-refractivity contribution in [2.24, 2.45) is 0 Å². The molecule has 1 fully saturated rings. The number of hydrogen-bond acceptors (Lipinski definition) is 2. The molecule has 2 heterocycles. The number of alkyl halides is 3. The van der Waals surface area contributed by atoms with E-state index in [9.17, 15) is 13.2 Å². The number of likely N-dealkylation sites (tertiary alicyclic amines) is 1. The van der Waals surface area contributed by atoms with E-state index < -0.39 is 11.7 Å². The Morgan fingerprint density at radius 2 is 2.10 bits per heavy atom. The third kappa shape index (κ3) is 2.72. The van der Waals surface area contributed by atoms with Crippen molar-refractivity contribution in [3.63, 3.8) is 0 Å². The minimum absolute atomic E-state index is 0.210. The molecule has 0 saturated carbocycles. The van der Waals surface area contributed by atoms with Crippen molar-refractivity contribution in [3.05, 3.63) is 28.5 Å². The third-order valence-corrected chi connectivity index (χ3v) is 4.31. The van der Waals surface area contributed by atoms with Crippen LogP contribution in [0.1, 0.15) is 24.4 Å². The summed E-state index contributed by atoms with van der Waals surface area (Å²) in [5.41, 5.74) is 0.538. The fourth-order valence-corrected chi connectivity index (χ4v) is 3.38. The molecule has 21 heavy (non-hydrogen) atoms. The van der Waals surface area contributed by atoms with Gasteiger partial charge in [-0.25, -0.2) is 0 Å². The largest absolute Gasteiger partial charge is 0.416 e. The molecule has 1 saturated heterocycles. The first-order valence-corrected chi connectivity index (χ1v) is 7.27. The van der Waals surface area contributed by atoms with Crippen molar-refractivity contribution in [2.45, 2.75) is 25.1 Å². The summed E-state index contributed by atoms with van der Waals surface area (Å²) in [7, 11) is 2.05. The van der Waals surface area contributed by atoms with Crippen LogP contribution in [0.2, 0.25) is 0 Å². The molecule has 1 aliphatic rings. The molecule has 7 heteroatoms. The van der Waals surface area contributed by atoms with Crippen LogP contribution in [0.25, 0.3) is 11.0 Å². The fraction of sp³-hybridized carbons (Fsp3) is 0.500. The van der Waals surface area contributed by atoms with Crippen LogP contribution in [-0.2, 0) is 6.18 Å². The van der Waals surface area contributed by atoms with Gasteiger partial charge in [0, 0.05) is 12.6 Å². The smallest absolute Gasteiger partial charge is 0.331 e. The van der Waals surface area contributed by atoms with Crippen molar-refractivity contribution < 1.29 is 13.2 Å². The molecule has 1 N–H and O–H groups in total. The van der Waals surface area contributed by atoms with Gasteiger partial charge in [0.15, 0.2) is 4.77 Å². The van der Waals surface area contributed by atoms with Crippen molar-refractivity contribution in [3.8, 4) is 0 Å². The van der Waals surface area contributed by atoms with E-state index in [0.717, 1.165) is 43.6 Å². The summed E-state index contributed by atoms with van der Waals surface area (Å²) in [4.78, 5) is 5.13. The highest BCUT2D eigenvalue weighted by Gasteiger charge is 2.31. The van der Waals surface area contributed by atoms with Gasteiger partial charge in [0.05, 0.1) is 16.6 Å². The number of nitrogens with one attached hydrogen (secondary N) is 1. The molecule has 0 amide bonds. The Kier molecular flexibility index (Phi) is 3.57. The predicted molar refractivity (Wildman–Crippen MR) is 77.9 cm³/mol. The number of benzene rings is 1. The molecular weight excluding hydrogens is 299 g/mol. The number of rotatable bonds is 1. The van der Waals surface area contributed by atoms with Gasteiger partial charge in [-0.1, -0.05) is 0 Å². The van der Waals surface area contributed by atoms with Crippen molar-refractivity contribution in [2.75, 3.05) is 20.1 Å². The lowest BCUT2D eigenvalue weighted by molar-refractivity contribution is -0.137. The molecule has 1 aromatic heterocycles. The van der Waals surface area contributed by atoms with Gasteiger partial charge in [0.1, 0.15) is 0 Å². The summed E-state index contributed by atoms with van der Waals surface area (Å²) in [6, 6.07) is 3.98. The van der Waals surface area contributed by atoms with Crippen LogP contribution >= 0.6 is 12.2 Å². The molecule has 0 aliphatic carbocycles. The summed E-state index contributed by atoms with van der Waals surface area (Å²) in [5.74, 6) is 0. The van der Waals surface area contributed by atoms with Crippen molar-refractivity contribution in [1.29, 1.82) is 0 Å². The van der Waals surface area contributed by atoms with E-state index in [4.69, 9.17) is 12.2 Å². The summed E-state index contributed by atoms with van der Waals surface area (Å²) in [5, 5.41) is 0. The molecule has 0 radical (unpaired) electrons. The highest BCUT2D eigenvalue weighted by Crippen LogP contribution is 2.32. The van der Waals surface area contributed by atoms with Crippen molar-refractivity contribution in [1.82, 2.24) is 14.5 Å². The average Bonchev–Trinajstić information content (AvgIpc) is 2.72. The van der Waals surface area contributed by atoms with Gasteiger partial charge in [-0.15, -0.1) is 0 Å². The van der Waals surface area contributed by atoms with E-state index >= 15 is 0 Å². The van der Waals surface area contributed by atoms with Gasteiger partial charge in [0.2, 0.25) is 0 Å². The van der Waals surface area contributed by atoms with Gasteiger partial charge >= 0.3 is 6.18 Å². The zero-order valence-electron chi connectivity index (χ0n) is 11.6. The predicted octanol–water partition coefficient (Wildman–Crippen LogP) is 3.98. The molecule has 114 valence electrons. The van der Waals surface area contributed by atoms with Crippen LogP contribution in [-0.4, -0.2) is 34.6 Å². The fourth-order valence-electron chi connectivity index (χ4n) is 3.02. The molecule has 1 unspecified atom stereocenters. The van der Waals surface area contributed by atoms with Crippen LogP contribution in [0.15, 0.2) is 18.2 Å².